The predicted octanol–water partition coefficient (Wildman–Crippen LogP) is 6.75. The van der Waals surface area contributed by atoms with E-state index in [1.54, 1.807) is 36.4 Å². The molecule has 5 nitrogen and oxygen atoms in total. The van der Waals surface area contributed by atoms with E-state index in [4.69, 9.17) is 39.5 Å². The smallest absolute Gasteiger partial charge is 0.269 e. The van der Waals surface area contributed by atoms with Crippen LogP contribution in [0.2, 0.25) is 15.1 Å². The van der Waals surface area contributed by atoms with Gasteiger partial charge in [-0.25, -0.2) is 0 Å². The van der Waals surface area contributed by atoms with Crippen LogP contribution in [0.15, 0.2) is 60.7 Å². The summed E-state index contributed by atoms with van der Waals surface area (Å²) in [6.45, 7) is 0.770. The molecular formula is C20H15Cl3N2O3. The van der Waals surface area contributed by atoms with E-state index in [0.29, 0.717) is 34.0 Å². The van der Waals surface area contributed by atoms with Crippen molar-refractivity contribution in [1.82, 2.24) is 0 Å². The molecule has 3 rings (SSSR count). The summed E-state index contributed by atoms with van der Waals surface area (Å²) in [5.74, 6) is 0.414. The van der Waals surface area contributed by atoms with E-state index >= 15 is 0 Å². The molecule has 0 aromatic heterocycles. The first-order valence-electron chi connectivity index (χ1n) is 8.26. The molecule has 8 heteroatoms. The molecule has 0 aliphatic heterocycles. The summed E-state index contributed by atoms with van der Waals surface area (Å²) in [5.41, 5.74) is 2.59. The first-order valence-corrected chi connectivity index (χ1v) is 9.39. The minimum absolute atomic E-state index is 0.0406. The van der Waals surface area contributed by atoms with Gasteiger partial charge in [-0.2, -0.15) is 0 Å². The molecule has 0 bridgehead atoms. The fraction of sp³-hybridized carbons (Fsp3) is 0.100. The fourth-order valence-electron chi connectivity index (χ4n) is 2.49. The van der Waals surface area contributed by atoms with Gasteiger partial charge in [0.05, 0.1) is 15.0 Å². The molecule has 3 aromatic carbocycles. The van der Waals surface area contributed by atoms with E-state index in [1.165, 1.54) is 12.1 Å². The van der Waals surface area contributed by atoms with Crippen molar-refractivity contribution in [3.63, 3.8) is 0 Å². The van der Waals surface area contributed by atoms with Gasteiger partial charge in [-0.15, -0.1) is 0 Å². The van der Waals surface area contributed by atoms with Gasteiger partial charge in [0, 0.05) is 29.4 Å². The SMILES string of the molecule is O=[N+]([O-])c1ccc(NCc2cc(Cl)c(OCc3ccc(Cl)cc3)c(Cl)c2)cc1. The topological polar surface area (TPSA) is 64.4 Å². The van der Waals surface area contributed by atoms with Crippen LogP contribution in [0.25, 0.3) is 0 Å². The third kappa shape index (κ3) is 5.29. The molecular weight excluding hydrogens is 423 g/mol. The summed E-state index contributed by atoms with van der Waals surface area (Å²) in [4.78, 5) is 10.3. The van der Waals surface area contributed by atoms with Crippen molar-refractivity contribution in [1.29, 1.82) is 0 Å². The summed E-state index contributed by atoms with van der Waals surface area (Å²) < 4.78 is 5.76. The Bertz CT molecular complexity index is 954. The van der Waals surface area contributed by atoms with Crippen LogP contribution in [0.4, 0.5) is 11.4 Å². The quantitative estimate of drug-likeness (QED) is 0.328. The standard InChI is InChI=1S/C20H15Cl3N2O3/c21-15-3-1-13(2-4-15)12-28-20-18(22)9-14(10-19(20)23)11-24-16-5-7-17(8-6-16)25(26)27/h1-10,24H,11-12H2. The van der Waals surface area contributed by atoms with Crippen LogP contribution in [-0.2, 0) is 13.2 Å². The molecule has 144 valence electrons. The van der Waals surface area contributed by atoms with Crippen molar-refractivity contribution in [3.8, 4) is 5.75 Å². The van der Waals surface area contributed by atoms with E-state index in [2.05, 4.69) is 5.32 Å². The number of hydrogen-bond acceptors (Lipinski definition) is 4. The van der Waals surface area contributed by atoms with Crippen LogP contribution in [0.1, 0.15) is 11.1 Å². The monoisotopic (exact) mass is 436 g/mol. The molecule has 1 N–H and O–H groups in total. The van der Waals surface area contributed by atoms with E-state index in [1.807, 2.05) is 12.1 Å². The third-order valence-corrected chi connectivity index (χ3v) is 4.74. The van der Waals surface area contributed by atoms with Gasteiger partial charge in [-0.3, -0.25) is 10.1 Å². The number of non-ortho nitro benzene ring substituents is 1. The number of anilines is 1. The maximum atomic E-state index is 10.7. The molecule has 0 radical (unpaired) electrons. The molecule has 0 saturated carbocycles. The van der Waals surface area contributed by atoms with Crippen molar-refractivity contribution < 1.29 is 9.66 Å². The maximum absolute atomic E-state index is 10.7. The predicted molar refractivity (Wildman–Crippen MR) is 113 cm³/mol. The van der Waals surface area contributed by atoms with Crippen molar-refractivity contribution in [2.75, 3.05) is 5.32 Å². The Kier molecular flexibility index (Phi) is 6.62. The summed E-state index contributed by atoms with van der Waals surface area (Å²) >= 11 is 18.5. The third-order valence-electron chi connectivity index (χ3n) is 3.93. The number of nitrogens with one attached hydrogen (secondary N) is 1. The molecule has 0 saturated heterocycles. The molecule has 0 atom stereocenters. The Hall–Kier alpha value is -2.47. The van der Waals surface area contributed by atoms with Gasteiger partial charge >= 0.3 is 0 Å². The van der Waals surface area contributed by atoms with Crippen LogP contribution in [0, 0.1) is 10.1 Å². The molecule has 0 amide bonds. The van der Waals surface area contributed by atoms with Crippen molar-refractivity contribution in [2.45, 2.75) is 13.2 Å². The van der Waals surface area contributed by atoms with E-state index < -0.39 is 4.92 Å². The Morgan fingerprint density at radius 1 is 0.893 bits per heavy atom. The lowest BCUT2D eigenvalue weighted by Crippen LogP contribution is -2.01. The normalized spacial score (nSPS) is 10.5. The molecule has 0 heterocycles. The lowest BCUT2D eigenvalue weighted by atomic mass is 10.2. The van der Waals surface area contributed by atoms with Gasteiger partial charge in [0.25, 0.3) is 5.69 Å². The van der Waals surface area contributed by atoms with Gasteiger partial charge in [-0.05, 0) is 47.5 Å². The lowest BCUT2D eigenvalue weighted by molar-refractivity contribution is -0.384. The average Bonchev–Trinajstić information content (AvgIpc) is 2.67. The fourth-order valence-corrected chi connectivity index (χ4v) is 3.26. The first-order chi connectivity index (χ1) is 13.4. The minimum atomic E-state index is -0.438. The molecule has 0 aliphatic carbocycles. The molecule has 0 unspecified atom stereocenters. The van der Waals surface area contributed by atoms with Gasteiger partial charge < -0.3 is 10.1 Å². The van der Waals surface area contributed by atoms with Crippen LogP contribution in [-0.4, -0.2) is 4.92 Å². The van der Waals surface area contributed by atoms with Crippen LogP contribution in [0.3, 0.4) is 0 Å². The average molecular weight is 438 g/mol. The minimum Gasteiger partial charge on any atom is -0.486 e. The second kappa shape index (κ2) is 9.15. The first kappa shape index (κ1) is 20.3. The maximum Gasteiger partial charge on any atom is 0.269 e. The van der Waals surface area contributed by atoms with Crippen LogP contribution in [0.5, 0.6) is 5.75 Å². The number of hydrogen-bond donors (Lipinski definition) is 1. The Labute approximate surface area is 177 Å². The van der Waals surface area contributed by atoms with Crippen LogP contribution < -0.4 is 10.1 Å². The summed E-state index contributed by atoms with van der Waals surface area (Å²) in [6.07, 6.45) is 0. The molecule has 0 fully saturated rings. The zero-order valence-corrected chi connectivity index (χ0v) is 16.8. The summed E-state index contributed by atoms with van der Waals surface area (Å²) in [7, 11) is 0. The highest BCUT2D eigenvalue weighted by Gasteiger charge is 2.11. The van der Waals surface area contributed by atoms with E-state index in [0.717, 1.165) is 16.8 Å². The van der Waals surface area contributed by atoms with Crippen molar-refractivity contribution in [3.05, 3.63) is 97.0 Å². The van der Waals surface area contributed by atoms with Crippen LogP contribution >= 0.6 is 34.8 Å². The Balaban J connectivity index is 1.64. The summed E-state index contributed by atoms with van der Waals surface area (Å²) in [5, 5.41) is 15.3. The number of rotatable bonds is 7. The highest BCUT2D eigenvalue weighted by atomic mass is 35.5. The molecule has 0 spiro atoms. The van der Waals surface area contributed by atoms with Gasteiger partial charge in [-0.1, -0.05) is 46.9 Å². The van der Waals surface area contributed by atoms with Crippen molar-refractivity contribution in [2.24, 2.45) is 0 Å². The van der Waals surface area contributed by atoms with Gasteiger partial charge in [0.1, 0.15) is 6.61 Å². The highest BCUT2D eigenvalue weighted by molar-refractivity contribution is 6.37. The highest BCUT2D eigenvalue weighted by Crippen LogP contribution is 2.35. The zero-order valence-electron chi connectivity index (χ0n) is 14.5. The van der Waals surface area contributed by atoms with Gasteiger partial charge in [0.15, 0.2) is 5.75 Å². The zero-order chi connectivity index (χ0) is 20.1. The number of ether oxygens (including phenoxy) is 1. The molecule has 3 aromatic rings. The number of nitrogens with zero attached hydrogens (tertiary/aromatic N) is 1. The van der Waals surface area contributed by atoms with Gasteiger partial charge in [0.2, 0.25) is 0 Å². The lowest BCUT2D eigenvalue weighted by Gasteiger charge is -2.13. The summed E-state index contributed by atoms with van der Waals surface area (Å²) in [6, 6.07) is 17.0. The second-order valence-corrected chi connectivity index (χ2v) is 7.21. The number of benzene rings is 3. The van der Waals surface area contributed by atoms with Crippen molar-refractivity contribution >= 4 is 46.2 Å². The molecule has 28 heavy (non-hydrogen) atoms. The number of nitro benzene ring substituents is 1. The molecule has 0 aliphatic rings. The second-order valence-electron chi connectivity index (χ2n) is 5.96. The van der Waals surface area contributed by atoms with E-state index in [9.17, 15) is 10.1 Å². The number of halogens is 3. The largest absolute Gasteiger partial charge is 0.486 e. The van der Waals surface area contributed by atoms with E-state index in [-0.39, 0.29) is 5.69 Å². The Morgan fingerprint density at radius 2 is 1.50 bits per heavy atom. The Morgan fingerprint density at radius 3 is 2.07 bits per heavy atom. The number of nitro groups is 1.